The van der Waals surface area contributed by atoms with Crippen LogP contribution in [0.5, 0.6) is 0 Å². The van der Waals surface area contributed by atoms with E-state index >= 15 is 0 Å². The molecule has 1 aliphatic heterocycles. The summed E-state index contributed by atoms with van der Waals surface area (Å²) in [6.07, 6.45) is 0.601. The number of carbonyl (C=O) groups excluding carboxylic acids is 1. The number of carbonyl (C=O) groups is 1. The van der Waals surface area contributed by atoms with Crippen molar-refractivity contribution in [2.75, 3.05) is 26.2 Å². The third-order valence-corrected chi connectivity index (χ3v) is 4.68. The van der Waals surface area contributed by atoms with E-state index in [-0.39, 0.29) is 11.7 Å². The Morgan fingerprint density at radius 1 is 1.12 bits per heavy atom. The molecule has 1 aromatic heterocycles. The monoisotopic (exact) mass is 343 g/mol. The number of urea groups is 1. The van der Waals surface area contributed by atoms with E-state index < -0.39 is 0 Å². The van der Waals surface area contributed by atoms with Gasteiger partial charge in [-0.15, -0.1) is 0 Å². The van der Waals surface area contributed by atoms with Crippen LogP contribution in [-0.2, 0) is 19.5 Å². The molecule has 2 amide bonds. The molecule has 0 saturated heterocycles. The summed E-state index contributed by atoms with van der Waals surface area (Å²) in [6, 6.07) is 9.88. The zero-order valence-corrected chi connectivity index (χ0v) is 14.9. The molecule has 2 heterocycles. The normalized spacial score (nSPS) is 14.1. The van der Waals surface area contributed by atoms with Gasteiger partial charge in [-0.2, -0.15) is 5.10 Å². The smallest absolute Gasteiger partial charge is 0.325 e. The van der Waals surface area contributed by atoms with E-state index in [0.717, 1.165) is 11.4 Å². The van der Waals surface area contributed by atoms with Gasteiger partial charge in [0.05, 0.1) is 6.54 Å². The van der Waals surface area contributed by atoms with E-state index in [1.807, 2.05) is 54.0 Å². The first kappa shape index (κ1) is 17.3. The van der Waals surface area contributed by atoms with Crippen molar-refractivity contribution >= 4 is 6.03 Å². The van der Waals surface area contributed by atoms with Crippen molar-refractivity contribution in [2.24, 2.45) is 0 Å². The molecular formula is C18H25N5O2. The first-order chi connectivity index (χ1) is 12.1. The van der Waals surface area contributed by atoms with Crippen LogP contribution in [0.25, 0.3) is 0 Å². The molecule has 2 aromatic rings. The lowest BCUT2D eigenvalue weighted by Crippen LogP contribution is -2.44. The Bertz CT molecular complexity index is 777. The fourth-order valence-corrected chi connectivity index (χ4v) is 3.21. The van der Waals surface area contributed by atoms with Gasteiger partial charge in [0.2, 0.25) is 0 Å². The minimum atomic E-state index is -0.101. The fourth-order valence-electron chi connectivity index (χ4n) is 3.21. The highest BCUT2D eigenvalue weighted by Crippen LogP contribution is 2.08. The van der Waals surface area contributed by atoms with Crippen LogP contribution in [0.2, 0.25) is 0 Å². The molecular weight excluding hydrogens is 318 g/mol. The molecule has 0 radical (unpaired) electrons. The van der Waals surface area contributed by atoms with E-state index in [1.165, 1.54) is 4.68 Å². The Balaban J connectivity index is 1.74. The highest BCUT2D eigenvalue weighted by Gasteiger charge is 2.24. The molecule has 3 rings (SSSR count). The topological polar surface area (TPSA) is 63.4 Å². The molecule has 0 N–H and O–H groups in total. The Labute approximate surface area is 147 Å². The van der Waals surface area contributed by atoms with Crippen molar-refractivity contribution in [1.29, 1.82) is 0 Å². The van der Waals surface area contributed by atoms with Gasteiger partial charge in [0.25, 0.3) is 0 Å². The summed E-state index contributed by atoms with van der Waals surface area (Å²) in [5.74, 6) is 0.760. The molecule has 0 atom stereocenters. The molecule has 0 unspecified atom stereocenters. The van der Waals surface area contributed by atoms with Crippen LogP contribution < -0.4 is 5.69 Å². The minimum absolute atomic E-state index is 0.0420. The maximum atomic E-state index is 12.6. The van der Waals surface area contributed by atoms with Crippen molar-refractivity contribution in [3.63, 3.8) is 0 Å². The Morgan fingerprint density at radius 3 is 2.52 bits per heavy atom. The molecule has 7 nitrogen and oxygen atoms in total. The zero-order valence-electron chi connectivity index (χ0n) is 14.9. The highest BCUT2D eigenvalue weighted by atomic mass is 16.2. The number of hydrogen-bond acceptors (Lipinski definition) is 3. The van der Waals surface area contributed by atoms with Gasteiger partial charge in [0.1, 0.15) is 5.82 Å². The van der Waals surface area contributed by atoms with E-state index in [4.69, 9.17) is 0 Å². The minimum Gasteiger partial charge on any atom is -0.325 e. The first-order valence-corrected chi connectivity index (χ1v) is 8.88. The van der Waals surface area contributed by atoms with Crippen LogP contribution in [0.1, 0.15) is 25.2 Å². The molecule has 134 valence electrons. The van der Waals surface area contributed by atoms with Gasteiger partial charge < -0.3 is 9.80 Å². The predicted molar refractivity (Wildman–Crippen MR) is 95.6 cm³/mol. The Kier molecular flexibility index (Phi) is 5.21. The Morgan fingerprint density at radius 2 is 1.84 bits per heavy atom. The molecule has 25 heavy (non-hydrogen) atoms. The number of rotatable bonds is 4. The third-order valence-electron chi connectivity index (χ3n) is 4.68. The summed E-state index contributed by atoms with van der Waals surface area (Å²) in [5.41, 5.74) is 0.951. The molecule has 0 bridgehead atoms. The third kappa shape index (κ3) is 3.60. The summed E-state index contributed by atoms with van der Waals surface area (Å²) in [5, 5.41) is 4.50. The average molecular weight is 343 g/mol. The number of hydrogen-bond donors (Lipinski definition) is 0. The number of amides is 2. The summed E-state index contributed by atoms with van der Waals surface area (Å²) in [6.45, 7) is 7.45. The number of nitrogens with zero attached hydrogens (tertiary/aromatic N) is 5. The maximum Gasteiger partial charge on any atom is 0.346 e. The summed E-state index contributed by atoms with van der Waals surface area (Å²) < 4.78 is 3.23. The van der Waals surface area contributed by atoms with Gasteiger partial charge in [-0.05, 0) is 19.4 Å². The largest absolute Gasteiger partial charge is 0.346 e. The maximum absolute atomic E-state index is 12.6. The SMILES string of the molecule is CCN(CC)C(=O)N1CCc2nn(Cc3ccccc3)c(=O)n2CC1. The molecule has 0 saturated carbocycles. The van der Waals surface area contributed by atoms with E-state index in [2.05, 4.69) is 5.10 Å². The van der Waals surface area contributed by atoms with Crippen molar-refractivity contribution < 1.29 is 4.79 Å². The van der Waals surface area contributed by atoms with Crippen LogP contribution in [0.4, 0.5) is 4.79 Å². The van der Waals surface area contributed by atoms with Gasteiger partial charge >= 0.3 is 11.7 Å². The van der Waals surface area contributed by atoms with E-state index in [0.29, 0.717) is 45.7 Å². The second-order valence-corrected chi connectivity index (χ2v) is 6.19. The summed E-state index contributed by atoms with van der Waals surface area (Å²) in [4.78, 5) is 28.8. The number of benzene rings is 1. The van der Waals surface area contributed by atoms with Crippen molar-refractivity contribution in [3.8, 4) is 0 Å². The van der Waals surface area contributed by atoms with Crippen LogP contribution in [0.15, 0.2) is 35.1 Å². The lowest BCUT2D eigenvalue weighted by Gasteiger charge is -2.28. The molecule has 1 aliphatic rings. The van der Waals surface area contributed by atoms with Crippen LogP contribution in [0.3, 0.4) is 0 Å². The molecule has 0 spiro atoms. The predicted octanol–water partition coefficient (Wildman–Crippen LogP) is 1.41. The zero-order chi connectivity index (χ0) is 17.8. The van der Waals surface area contributed by atoms with Gasteiger partial charge in [-0.1, -0.05) is 30.3 Å². The van der Waals surface area contributed by atoms with Gasteiger partial charge in [0, 0.05) is 39.1 Å². The number of aromatic nitrogens is 3. The van der Waals surface area contributed by atoms with Crippen LogP contribution in [-0.4, -0.2) is 56.4 Å². The van der Waals surface area contributed by atoms with Crippen LogP contribution >= 0.6 is 0 Å². The second kappa shape index (κ2) is 7.55. The average Bonchev–Trinajstić information content (AvgIpc) is 2.80. The lowest BCUT2D eigenvalue weighted by molar-refractivity contribution is 0.158. The molecule has 0 aliphatic carbocycles. The van der Waals surface area contributed by atoms with Crippen molar-refractivity contribution in [2.45, 2.75) is 33.4 Å². The van der Waals surface area contributed by atoms with E-state index in [9.17, 15) is 9.59 Å². The highest BCUT2D eigenvalue weighted by molar-refractivity contribution is 5.74. The molecule has 0 fully saturated rings. The lowest BCUT2D eigenvalue weighted by atomic mass is 10.2. The summed E-state index contributed by atoms with van der Waals surface area (Å²) in [7, 11) is 0. The van der Waals surface area contributed by atoms with Gasteiger partial charge in [-0.3, -0.25) is 4.57 Å². The Hall–Kier alpha value is -2.57. The van der Waals surface area contributed by atoms with Gasteiger partial charge in [0.15, 0.2) is 0 Å². The quantitative estimate of drug-likeness (QED) is 0.843. The molecule has 7 heteroatoms. The van der Waals surface area contributed by atoms with Crippen molar-refractivity contribution in [1.82, 2.24) is 24.1 Å². The second-order valence-electron chi connectivity index (χ2n) is 6.19. The van der Waals surface area contributed by atoms with E-state index in [1.54, 1.807) is 4.57 Å². The van der Waals surface area contributed by atoms with Gasteiger partial charge in [-0.25, -0.2) is 14.3 Å². The summed E-state index contributed by atoms with van der Waals surface area (Å²) >= 11 is 0. The molecule has 1 aromatic carbocycles. The first-order valence-electron chi connectivity index (χ1n) is 8.88. The standard InChI is InChI=1S/C18H25N5O2/c1-3-20(4-2)17(24)21-11-10-16-19-23(18(25)22(16)13-12-21)14-15-8-6-5-7-9-15/h5-9H,3-4,10-14H2,1-2H3. The van der Waals surface area contributed by atoms with Crippen LogP contribution in [0, 0.1) is 0 Å². The van der Waals surface area contributed by atoms with Crippen molar-refractivity contribution in [3.05, 3.63) is 52.2 Å². The fraction of sp³-hybridized carbons (Fsp3) is 0.500. The number of fused-ring (bicyclic) bond motifs is 1.